The molecule has 0 spiro atoms. The molecular weight excluding hydrogens is 428 g/mol. The maximum absolute atomic E-state index is 12.8. The number of furan rings is 1. The Morgan fingerprint density at radius 2 is 1.91 bits per heavy atom. The van der Waals surface area contributed by atoms with Gasteiger partial charge in [0.25, 0.3) is 5.91 Å². The van der Waals surface area contributed by atoms with Crippen LogP contribution >= 0.6 is 11.6 Å². The molecule has 2 aromatic carbocycles. The van der Waals surface area contributed by atoms with E-state index in [1.807, 2.05) is 42.5 Å². The zero-order chi connectivity index (χ0) is 21.9. The van der Waals surface area contributed by atoms with Gasteiger partial charge in [0.15, 0.2) is 11.5 Å². The summed E-state index contributed by atoms with van der Waals surface area (Å²) in [7, 11) is 0. The van der Waals surface area contributed by atoms with Crippen LogP contribution in [0.4, 0.5) is 0 Å². The smallest absolute Gasteiger partial charge is 0.272 e. The lowest BCUT2D eigenvalue weighted by Crippen LogP contribution is -2.23. The minimum absolute atomic E-state index is 0.274. The molecule has 8 nitrogen and oxygen atoms in total. The summed E-state index contributed by atoms with van der Waals surface area (Å²) in [6, 6.07) is 20.2. The Morgan fingerprint density at radius 3 is 2.62 bits per heavy atom. The van der Waals surface area contributed by atoms with Crippen molar-refractivity contribution in [1.82, 2.24) is 29.9 Å². The van der Waals surface area contributed by atoms with Gasteiger partial charge in [-0.05, 0) is 48.0 Å². The lowest BCUT2D eigenvalue weighted by Gasteiger charge is -2.06. The Labute approximate surface area is 188 Å². The maximum atomic E-state index is 12.8. The first-order chi connectivity index (χ1) is 15.7. The fourth-order valence-corrected chi connectivity index (χ4v) is 3.46. The van der Waals surface area contributed by atoms with Gasteiger partial charge < -0.3 is 9.73 Å². The molecule has 5 aromatic rings. The number of carbonyl (C=O) groups excluding carboxylic acids is 1. The lowest BCUT2D eigenvalue weighted by atomic mass is 10.2. The SMILES string of the molecule is O=C(NCc1ccc(-n2cncn2)cc1)c1cc(-c2ccco2)n(-c2cccc(Cl)c2)n1. The molecule has 1 amide bonds. The van der Waals surface area contributed by atoms with E-state index in [2.05, 4.69) is 20.5 Å². The summed E-state index contributed by atoms with van der Waals surface area (Å²) in [5.74, 6) is 0.305. The summed E-state index contributed by atoms with van der Waals surface area (Å²) in [5.41, 5.74) is 3.49. The molecule has 0 aliphatic rings. The summed E-state index contributed by atoms with van der Waals surface area (Å²) in [6.45, 7) is 0.358. The number of rotatable bonds is 6. The van der Waals surface area contributed by atoms with Crippen molar-refractivity contribution in [1.29, 1.82) is 0 Å². The average Bonchev–Trinajstić information content (AvgIpc) is 3.59. The molecule has 32 heavy (non-hydrogen) atoms. The Balaban J connectivity index is 1.36. The van der Waals surface area contributed by atoms with Crippen molar-refractivity contribution in [3.05, 3.63) is 102 Å². The zero-order valence-corrected chi connectivity index (χ0v) is 17.5. The molecule has 0 bridgehead atoms. The molecule has 0 saturated heterocycles. The van der Waals surface area contributed by atoms with Crippen LogP contribution in [0.1, 0.15) is 16.1 Å². The van der Waals surface area contributed by atoms with Gasteiger partial charge in [-0.25, -0.2) is 14.3 Å². The van der Waals surface area contributed by atoms with Crippen LogP contribution in [0.25, 0.3) is 22.8 Å². The van der Waals surface area contributed by atoms with Gasteiger partial charge in [-0.2, -0.15) is 10.2 Å². The van der Waals surface area contributed by atoms with Gasteiger partial charge in [0.1, 0.15) is 18.3 Å². The van der Waals surface area contributed by atoms with E-state index in [0.29, 0.717) is 23.0 Å². The Hall–Kier alpha value is -4.17. The third kappa shape index (κ3) is 4.03. The first-order valence-corrected chi connectivity index (χ1v) is 10.2. The van der Waals surface area contributed by atoms with E-state index in [-0.39, 0.29) is 11.6 Å². The molecule has 3 heterocycles. The van der Waals surface area contributed by atoms with E-state index in [9.17, 15) is 4.79 Å². The summed E-state index contributed by atoms with van der Waals surface area (Å²) < 4.78 is 8.85. The zero-order valence-electron chi connectivity index (χ0n) is 16.7. The van der Waals surface area contributed by atoms with Crippen LogP contribution in [0.5, 0.6) is 0 Å². The molecule has 1 N–H and O–H groups in total. The van der Waals surface area contributed by atoms with Crippen molar-refractivity contribution in [3.8, 4) is 22.8 Å². The van der Waals surface area contributed by atoms with Crippen molar-refractivity contribution in [2.75, 3.05) is 0 Å². The summed E-state index contributed by atoms with van der Waals surface area (Å²) >= 11 is 6.15. The van der Waals surface area contributed by atoms with Crippen LogP contribution in [0.2, 0.25) is 5.02 Å². The standard InChI is InChI=1S/C23H17ClN6O2/c24-17-3-1-4-19(11-17)30-21(22-5-2-10-32-22)12-20(28-30)23(31)26-13-16-6-8-18(9-7-16)29-15-25-14-27-29/h1-12,14-15H,13H2,(H,26,31). The third-order valence-electron chi connectivity index (χ3n) is 4.84. The highest BCUT2D eigenvalue weighted by molar-refractivity contribution is 6.30. The van der Waals surface area contributed by atoms with Crippen molar-refractivity contribution >= 4 is 17.5 Å². The second-order valence-corrected chi connectivity index (χ2v) is 7.41. The van der Waals surface area contributed by atoms with Crippen LogP contribution in [0, 0.1) is 0 Å². The van der Waals surface area contributed by atoms with Gasteiger partial charge in [-0.15, -0.1) is 0 Å². The molecule has 0 atom stereocenters. The molecule has 158 valence electrons. The first kappa shape index (κ1) is 19.8. The molecule has 0 radical (unpaired) electrons. The highest BCUT2D eigenvalue weighted by Gasteiger charge is 2.18. The van der Waals surface area contributed by atoms with E-state index in [1.165, 1.54) is 6.33 Å². The molecule has 5 rings (SSSR count). The van der Waals surface area contributed by atoms with Crippen molar-refractivity contribution < 1.29 is 9.21 Å². The molecule has 3 aromatic heterocycles. The molecular formula is C23H17ClN6O2. The summed E-state index contributed by atoms with van der Waals surface area (Å²) in [4.78, 5) is 16.8. The second-order valence-electron chi connectivity index (χ2n) is 6.97. The van der Waals surface area contributed by atoms with Crippen molar-refractivity contribution in [2.24, 2.45) is 0 Å². The number of carbonyl (C=O) groups is 1. The Bertz CT molecular complexity index is 1340. The minimum Gasteiger partial charge on any atom is -0.463 e. The van der Waals surface area contributed by atoms with Gasteiger partial charge in [-0.1, -0.05) is 29.8 Å². The van der Waals surface area contributed by atoms with Crippen molar-refractivity contribution in [3.63, 3.8) is 0 Å². The number of nitrogens with zero attached hydrogens (tertiary/aromatic N) is 5. The molecule has 0 aliphatic carbocycles. The average molecular weight is 445 g/mol. The molecule has 0 unspecified atom stereocenters. The fourth-order valence-electron chi connectivity index (χ4n) is 3.28. The van der Waals surface area contributed by atoms with Gasteiger partial charge in [0.2, 0.25) is 0 Å². The Kier molecular flexibility index (Phi) is 5.27. The quantitative estimate of drug-likeness (QED) is 0.421. The lowest BCUT2D eigenvalue weighted by molar-refractivity contribution is 0.0945. The van der Waals surface area contributed by atoms with Crippen LogP contribution in [0.15, 0.2) is 90.1 Å². The number of nitrogens with one attached hydrogen (secondary N) is 1. The topological polar surface area (TPSA) is 90.8 Å². The molecule has 0 fully saturated rings. The van der Waals surface area contributed by atoms with E-state index >= 15 is 0 Å². The fraction of sp³-hybridized carbons (Fsp3) is 0.0435. The highest BCUT2D eigenvalue weighted by atomic mass is 35.5. The van der Waals surface area contributed by atoms with Gasteiger partial charge in [0.05, 0.1) is 17.6 Å². The van der Waals surface area contributed by atoms with E-state index < -0.39 is 0 Å². The van der Waals surface area contributed by atoms with E-state index in [4.69, 9.17) is 16.0 Å². The van der Waals surface area contributed by atoms with Crippen molar-refractivity contribution in [2.45, 2.75) is 6.54 Å². The van der Waals surface area contributed by atoms with Gasteiger partial charge in [0, 0.05) is 17.6 Å². The highest BCUT2D eigenvalue weighted by Crippen LogP contribution is 2.26. The van der Waals surface area contributed by atoms with Crippen LogP contribution in [0.3, 0.4) is 0 Å². The predicted octanol–water partition coefficient (Wildman–Crippen LogP) is 4.30. The van der Waals surface area contributed by atoms with E-state index in [1.54, 1.807) is 46.2 Å². The maximum Gasteiger partial charge on any atom is 0.272 e. The number of benzene rings is 2. The number of hydrogen-bond acceptors (Lipinski definition) is 5. The summed E-state index contributed by atoms with van der Waals surface area (Å²) in [5, 5.41) is 12.1. The number of aromatic nitrogens is 5. The second kappa shape index (κ2) is 8.52. The summed E-state index contributed by atoms with van der Waals surface area (Å²) in [6.07, 6.45) is 4.69. The van der Waals surface area contributed by atoms with Gasteiger partial charge in [-0.3, -0.25) is 4.79 Å². The largest absolute Gasteiger partial charge is 0.463 e. The minimum atomic E-state index is -0.293. The van der Waals surface area contributed by atoms with Gasteiger partial charge >= 0.3 is 0 Å². The number of amides is 1. The third-order valence-corrected chi connectivity index (χ3v) is 5.08. The molecule has 9 heteroatoms. The number of halogens is 1. The van der Waals surface area contributed by atoms with Crippen LogP contribution in [-0.4, -0.2) is 30.5 Å². The normalized spacial score (nSPS) is 10.9. The number of hydrogen-bond donors (Lipinski definition) is 1. The van der Waals surface area contributed by atoms with Crippen LogP contribution in [-0.2, 0) is 6.54 Å². The predicted molar refractivity (Wildman–Crippen MR) is 119 cm³/mol. The monoisotopic (exact) mass is 444 g/mol. The first-order valence-electron chi connectivity index (χ1n) is 9.79. The molecule has 0 aliphatic heterocycles. The van der Waals surface area contributed by atoms with E-state index in [0.717, 1.165) is 16.9 Å². The Morgan fingerprint density at radius 1 is 1.03 bits per heavy atom. The molecule has 0 saturated carbocycles. The van der Waals surface area contributed by atoms with Crippen LogP contribution < -0.4 is 5.32 Å².